The van der Waals surface area contributed by atoms with Gasteiger partial charge in [0.1, 0.15) is 10.5 Å². The van der Waals surface area contributed by atoms with Crippen LogP contribution < -0.4 is 5.73 Å². The van der Waals surface area contributed by atoms with Crippen LogP contribution in [0.3, 0.4) is 0 Å². The molecule has 0 atom stereocenters. The van der Waals surface area contributed by atoms with E-state index in [2.05, 4.69) is 11.7 Å². The number of methoxy groups -OCH3 is 1. The van der Waals surface area contributed by atoms with E-state index in [-0.39, 0.29) is 5.97 Å². The van der Waals surface area contributed by atoms with E-state index in [0.717, 1.165) is 56.2 Å². The highest BCUT2D eigenvalue weighted by Crippen LogP contribution is 2.42. The summed E-state index contributed by atoms with van der Waals surface area (Å²) in [5.41, 5.74) is 11.2. The minimum atomic E-state index is -0.542. The number of hydrogen-bond acceptors (Lipinski definition) is 6. The topological polar surface area (TPSA) is 73.9 Å². The molecule has 0 unspecified atom stereocenters. The van der Waals surface area contributed by atoms with Crippen LogP contribution in [-0.4, -0.2) is 31.2 Å². The molecule has 174 valence electrons. The third kappa shape index (κ3) is 8.24. The number of aliphatic imine (C=N–C) groups is 1. The summed E-state index contributed by atoms with van der Waals surface area (Å²) in [4.78, 5) is 17.4. The molecule has 1 heterocycles. The van der Waals surface area contributed by atoms with Crippen LogP contribution in [-0.2, 0) is 14.3 Å². The van der Waals surface area contributed by atoms with Crippen molar-refractivity contribution in [3.05, 3.63) is 45.4 Å². The lowest BCUT2D eigenvalue weighted by Gasteiger charge is -2.22. The van der Waals surface area contributed by atoms with Crippen molar-refractivity contribution in [1.29, 1.82) is 0 Å². The second-order valence-electron chi connectivity index (χ2n) is 8.28. The molecule has 0 aromatic carbocycles. The highest BCUT2D eigenvalue weighted by atomic mass is 32.2. The summed E-state index contributed by atoms with van der Waals surface area (Å²) in [5.74, 6) is 0.356. The maximum absolute atomic E-state index is 12.6. The smallest absolute Gasteiger partial charge is 0.347 e. The van der Waals surface area contributed by atoms with Crippen molar-refractivity contribution in [3.63, 3.8) is 0 Å². The van der Waals surface area contributed by atoms with Crippen molar-refractivity contribution in [2.75, 3.05) is 12.9 Å². The summed E-state index contributed by atoms with van der Waals surface area (Å²) in [7, 11) is 1.65. The monoisotopic (exact) mass is 448 g/mol. The van der Waals surface area contributed by atoms with E-state index in [1.165, 1.54) is 22.9 Å². The lowest BCUT2D eigenvalue weighted by molar-refractivity contribution is -0.148. The zero-order valence-electron chi connectivity index (χ0n) is 20.2. The highest BCUT2D eigenvalue weighted by molar-refractivity contribution is 8.04. The Labute approximate surface area is 192 Å². The van der Waals surface area contributed by atoms with E-state index < -0.39 is 5.60 Å². The molecule has 31 heavy (non-hydrogen) atoms. The molecule has 0 amide bonds. The van der Waals surface area contributed by atoms with E-state index in [9.17, 15) is 4.79 Å². The number of carbonyl (C=O) groups excluding carboxylic acids is 1. The van der Waals surface area contributed by atoms with Crippen LogP contribution in [0.2, 0.25) is 0 Å². The Balaban J connectivity index is 0.00000233. The minimum Gasteiger partial charge on any atom is -0.505 e. The summed E-state index contributed by atoms with van der Waals surface area (Å²) in [6.07, 6.45) is 10.8. The summed E-state index contributed by atoms with van der Waals surface area (Å²) in [5, 5.41) is 0. The second kappa shape index (κ2) is 13.5. The van der Waals surface area contributed by atoms with E-state index in [4.69, 9.17) is 15.2 Å². The molecule has 0 saturated carbocycles. The quantitative estimate of drug-likeness (QED) is 0.200. The van der Waals surface area contributed by atoms with Crippen LogP contribution in [0, 0.1) is 0 Å². The second-order valence-corrected chi connectivity index (χ2v) is 9.27. The molecular formula is C25H40N2O3S. The van der Waals surface area contributed by atoms with Crippen molar-refractivity contribution in [3.8, 4) is 0 Å². The molecule has 0 spiro atoms. The molecule has 1 aliphatic heterocycles. The van der Waals surface area contributed by atoms with Crippen molar-refractivity contribution in [1.82, 2.24) is 0 Å². The number of thioether (sulfide) groups is 1. The Bertz CT molecular complexity index is 755. The van der Waals surface area contributed by atoms with Gasteiger partial charge in [0.25, 0.3) is 0 Å². The normalized spacial score (nSPS) is 18.6. The van der Waals surface area contributed by atoms with Crippen LogP contribution in [0.1, 0.15) is 79.6 Å². The maximum Gasteiger partial charge on any atom is 0.347 e. The summed E-state index contributed by atoms with van der Waals surface area (Å²) < 4.78 is 10.5. The number of allylic oxidation sites excluding steroid dienone is 5. The molecule has 2 rings (SSSR count). The molecule has 0 aromatic heterocycles. The first-order valence-electron chi connectivity index (χ1n) is 11.2. The van der Waals surface area contributed by atoms with Crippen molar-refractivity contribution in [2.45, 2.75) is 85.2 Å². The van der Waals surface area contributed by atoms with Crippen LogP contribution >= 0.6 is 11.8 Å². The highest BCUT2D eigenvalue weighted by Gasteiger charge is 2.31. The van der Waals surface area contributed by atoms with Gasteiger partial charge >= 0.3 is 5.97 Å². The zero-order valence-corrected chi connectivity index (χ0v) is 21.0. The Hall–Kier alpha value is -1.95. The number of esters is 1. The fraction of sp³-hybridized carbons (Fsp3) is 0.600. The molecule has 1 aliphatic carbocycles. The molecule has 0 aromatic rings. The Morgan fingerprint density at radius 1 is 1.26 bits per heavy atom. The van der Waals surface area contributed by atoms with Gasteiger partial charge in [-0.05, 0) is 95.2 Å². The third-order valence-corrected chi connectivity index (χ3v) is 6.01. The van der Waals surface area contributed by atoms with Gasteiger partial charge in [0.2, 0.25) is 0 Å². The Morgan fingerprint density at radius 2 is 1.94 bits per heavy atom. The number of nitrogens with two attached hydrogens (primary N) is 1. The molecule has 2 aliphatic rings. The largest absolute Gasteiger partial charge is 0.505 e. The van der Waals surface area contributed by atoms with E-state index in [1.54, 1.807) is 13.4 Å². The first kappa shape index (κ1) is 27.1. The standard InChI is InChI=1S/C23H34N2O3S.C2H6/c1-23(2,3)28-22(26)21-20(24)18(15-29-21)16(11-7-6-10-14-27-5)17-12-8-9-13-19(17)25-4;1-2/h10,14H,4,6-9,11-13,15,24H2,1-3,5H3;1-2H3/b14-10-,18-16+;. The molecule has 5 nitrogen and oxygen atoms in total. The molecule has 2 N–H and O–H groups in total. The zero-order chi connectivity index (χ0) is 23.4. The molecule has 6 heteroatoms. The molecule has 0 saturated heterocycles. The number of hydrogen-bond donors (Lipinski definition) is 1. The molecule has 0 bridgehead atoms. The van der Waals surface area contributed by atoms with Crippen LogP contribution in [0.25, 0.3) is 0 Å². The van der Waals surface area contributed by atoms with Crippen LogP contribution in [0.5, 0.6) is 0 Å². The van der Waals surface area contributed by atoms with E-state index in [0.29, 0.717) is 16.4 Å². The SMILES string of the molecule is C=NC1=C(/C(CCC/C=C\OC)=C2\CSC(C(=O)OC(C)(C)C)=C2N)CCCC1.CC. The van der Waals surface area contributed by atoms with Gasteiger partial charge in [-0.15, -0.1) is 11.8 Å². The minimum absolute atomic E-state index is 0.336. The molecule has 0 fully saturated rings. The van der Waals surface area contributed by atoms with Crippen molar-refractivity contribution < 1.29 is 14.3 Å². The molecular weight excluding hydrogens is 408 g/mol. The maximum atomic E-state index is 12.6. The summed E-state index contributed by atoms with van der Waals surface area (Å²) >= 11 is 1.48. The Morgan fingerprint density at radius 3 is 2.55 bits per heavy atom. The van der Waals surface area contributed by atoms with Gasteiger partial charge in [-0.1, -0.05) is 13.8 Å². The average Bonchev–Trinajstić information content (AvgIpc) is 3.12. The predicted octanol–water partition coefficient (Wildman–Crippen LogP) is 6.43. The summed E-state index contributed by atoms with van der Waals surface area (Å²) in [6, 6.07) is 0. The van der Waals surface area contributed by atoms with E-state index >= 15 is 0 Å². The van der Waals surface area contributed by atoms with E-state index in [1.807, 2.05) is 40.7 Å². The van der Waals surface area contributed by atoms with Gasteiger partial charge in [0.05, 0.1) is 19.1 Å². The summed E-state index contributed by atoms with van der Waals surface area (Å²) in [6.45, 7) is 13.4. The first-order chi connectivity index (χ1) is 14.8. The number of carbonyl (C=O) groups is 1. The van der Waals surface area contributed by atoms with Crippen LogP contribution in [0.15, 0.2) is 50.3 Å². The molecule has 0 radical (unpaired) electrons. The van der Waals surface area contributed by atoms with Gasteiger partial charge < -0.3 is 15.2 Å². The van der Waals surface area contributed by atoms with Gasteiger partial charge in [-0.2, -0.15) is 0 Å². The van der Waals surface area contributed by atoms with Crippen molar-refractivity contribution >= 4 is 24.4 Å². The third-order valence-electron chi connectivity index (χ3n) is 4.90. The predicted molar refractivity (Wildman–Crippen MR) is 133 cm³/mol. The number of rotatable bonds is 8. The fourth-order valence-corrected chi connectivity index (χ4v) is 4.67. The number of nitrogens with zero attached hydrogens (tertiary/aromatic N) is 1. The van der Waals surface area contributed by atoms with Crippen LogP contribution in [0.4, 0.5) is 0 Å². The average molecular weight is 449 g/mol. The van der Waals surface area contributed by atoms with Crippen molar-refractivity contribution in [2.24, 2.45) is 10.7 Å². The lowest BCUT2D eigenvalue weighted by atomic mass is 9.85. The number of ether oxygens (including phenoxy) is 2. The fourth-order valence-electron chi connectivity index (χ4n) is 3.61. The van der Waals surface area contributed by atoms with Gasteiger partial charge in [-0.3, -0.25) is 4.99 Å². The Kier molecular flexibility index (Phi) is 11.8. The van der Waals surface area contributed by atoms with Gasteiger partial charge in [-0.25, -0.2) is 4.79 Å². The van der Waals surface area contributed by atoms with Gasteiger partial charge in [0, 0.05) is 11.4 Å². The van der Waals surface area contributed by atoms with Gasteiger partial charge in [0.15, 0.2) is 0 Å². The number of unbranched alkanes of at least 4 members (excludes halogenated alkanes) is 1. The lowest BCUT2D eigenvalue weighted by Crippen LogP contribution is -2.25. The first-order valence-corrected chi connectivity index (χ1v) is 12.2.